The smallest absolute Gasteiger partial charge is 0.198 e. The van der Waals surface area contributed by atoms with Gasteiger partial charge >= 0.3 is 0 Å². The van der Waals surface area contributed by atoms with Crippen molar-refractivity contribution in [3.63, 3.8) is 0 Å². The Morgan fingerprint density at radius 3 is 2.84 bits per heavy atom. The van der Waals surface area contributed by atoms with Crippen LogP contribution in [0.1, 0.15) is 24.2 Å². The van der Waals surface area contributed by atoms with E-state index < -0.39 is 22.8 Å². The minimum absolute atomic E-state index is 0.0574. The summed E-state index contributed by atoms with van der Waals surface area (Å²) >= 11 is 6.49. The Labute approximate surface area is 148 Å². The highest BCUT2D eigenvalue weighted by Crippen LogP contribution is 2.36. The molecule has 0 saturated carbocycles. The minimum Gasteiger partial charge on any atom is -0.545 e. The number of carboxylic acid groups (broad SMARTS) is 1. The fourth-order valence-corrected chi connectivity index (χ4v) is 3.72. The first kappa shape index (κ1) is 17.7. The Hall–Kier alpha value is -2.12. The first-order chi connectivity index (χ1) is 11.8. The van der Waals surface area contributed by atoms with Gasteiger partial charge in [0.1, 0.15) is 5.82 Å². The van der Waals surface area contributed by atoms with Crippen molar-refractivity contribution in [3.05, 3.63) is 38.9 Å². The van der Waals surface area contributed by atoms with Gasteiger partial charge in [-0.2, -0.15) is 0 Å². The number of aryl methyl sites for hydroxylation is 1. The molecule has 2 heterocycles. The molecule has 1 atom stereocenters. The van der Waals surface area contributed by atoms with E-state index in [9.17, 15) is 19.1 Å². The van der Waals surface area contributed by atoms with Crippen LogP contribution in [0.2, 0.25) is 5.02 Å². The minimum atomic E-state index is -1.59. The van der Waals surface area contributed by atoms with Crippen molar-refractivity contribution in [2.45, 2.75) is 26.4 Å². The van der Waals surface area contributed by atoms with Gasteiger partial charge in [0, 0.05) is 38.4 Å². The van der Waals surface area contributed by atoms with Gasteiger partial charge in [-0.3, -0.25) is 4.79 Å². The van der Waals surface area contributed by atoms with Crippen LogP contribution in [0.5, 0.6) is 0 Å². The Balaban J connectivity index is 2.31. The van der Waals surface area contributed by atoms with E-state index in [4.69, 9.17) is 11.6 Å². The number of nitrogens with one attached hydrogen (secondary N) is 1. The lowest BCUT2D eigenvalue weighted by Crippen LogP contribution is -2.49. The summed E-state index contributed by atoms with van der Waals surface area (Å²) in [6, 6.07) is 1.25. The zero-order chi connectivity index (χ0) is 18.3. The third-order valence-electron chi connectivity index (χ3n) is 4.48. The molecule has 3 rings (SSSR count). The van der Waals surface area contributed by atoms with E-state index in [2.05, 4.69) is 5.32 Å². The summed E-state index contributed by atoms with van der Waals surface area (Å²) in [6.07, 6.45) is 1.20. The second-order valence-corrected chi connectivity index (χ2v) is 6.54. The molecule has 25 heavy (non-hydrogen) atoms. The molecule has 0 amide bonds. The fourth-order valence-electron chi connectivity index (χ4n) is 3.30. The number of anilines is 1. The highest BCUT2D eigenvalue weighted by atomic mass is 35.5. The number of benzene rings is 1. The van der Waals surface area contributed by atoms with Gasteiger partial charge in [-0.15, -0.1) is 0 Å². The molecule has 134 valence electrons. The van der Waals surface area contributed by atoms with Crippen molar-refractivity contribution in [1.82, 2.24) is 9.88 Å². The number of pyridine rings is 1. The maximum atomic E-state index is 14.8. The number of aromatic carboxylic acids is 1. The van der Waals surface area contributed by atoms with E-state index in [1.54, 1.807) is 11.5 Å². The Morgan fingerprint density at radius 1 is 1.52 bits per heavy atom. The van der Waals surface area contributed by atoms with Gasteiger partial charge in [-0.1, -0.05) is 11.6 Å². The van der Waals surface area contributed by atoms with Crippen LogP contribution in [0.4, 0.5) is 10.1 Å². The van der Waals surface area contributed by atoms with Gasteiger partial charge in [-0.05, 0) is 19.9 Å². The molecule has 0 bridgehead atoms. The van der Waals surface area contributed by atoms with Crippen LogP contribution in [0.3, 0.4) is 0 Å². The van der Waals surface area contributed by atoms with Crippen LogP contribution < -0.4 is 20.8 Å². The second-order valence-electron chi connectivity index (χ2n) is 6.16. The highest BCUT2D eigenvalue weighted by molar-refractivity contribution is 6.38. The maximum Gasteiger partial charge on any atom is 0.198 e. The SMILES string of the molecule is CCn1cc(C(=O)[O-])c(=O)c2cc(F)c(N3CCNC(C)C3)c(Cl)c21. The average Bonchev–Trinajstić information content (AvgIpc) is 2.55. The van der Waals surface area contributed by atoms with Gasteiger partial charge in [0.2, 0.25) is 0 Å². The molecule has 1 aliphatic rings. The third kappa shape index (κ3) is 2.98. The van der Waals surface area contributed by atoms with Crippen LogP contribution in [-0.2, 0) is 6.54 Å². The second kappa shape index (κ2) is 6.65. The maximum absolute atomic E-state index is 14.8. The van der Waals surface area contributed by atoms with Crippen LogP contribution in [0.15, 0.2) is 17.1 Å². The summed E-state index contributed by atoms with van der Waals surface area (Å²) in [5, 5.41) is 14.5. The zero-order valence-corrected chi connectivity index (χ0v) is 14.7. The molecule has 1 aromatic carbocycles. The number of hydrogen-bond donors (Lipinski definition) is 1. The van der Waals surface area contributed by atoms with Gasteiger partial charge in [0.25, 0.3) is 0 Å². The summed E-state index contributed by atoms with van der Waals surface area (Å²) in [6.45, 7) is 6.01. The molecule has 1 fully saturated rings. The molecule has 0 radical (unpaired) electrons. The molecular formula is C17H18ClFN3O3-. The van der Waals surface area contributed by atoms with Crippen molar-refractivity contribution in [1.29, 1.82) is 0 Å². The van der Waals surface area contributed by atoms with E-state index in [0.29, 0.717) is 31.7 Å². The summed E-state index contributed by atoms with van der Waals surface area (Å²) < 4.78 is 16.3. The number of nitrogens with zero attached hydrogens (tertiary/aromatic N) is 2. The standard InChI is InChI=1S/C17H19ClFN3O3/c1-3-21-8-11(17(24)25)16(23)10-6-12(19)15(13(18)14(10)21)22-5-4-20-9(2)7-22/h6,8-9,20H,3-5,7H2,1-2H3,(H,24,25)/p-1. The molecular weight excluding hydrogens is 349 g/mol. The summed E-state index contributed by atoms with van der Waals surface area (Å²) in [7, 11) is 0. The number of carbonyl (C=O) groups excluding carboxylic acids is 1. The van der Waals surface area contributed by atoms with Crippen molar-refractivity contribution in [3.8, 4) is 0 Å². The lowest BCUT2D eigenvalue weighted by Gasteiger charge is -2.34. The Kier molecular flexibility index (Phi) is 4.71. The third-order valence-corrected chi connectivity index (χ3v) is 4.83. The van der Waals surface area contributed by atoms with Gasteiger partial charge in [0.15, 0.2) is 5.43 Å². The number of carbonyl (C=O) groups is 1. The first-order valence-corrected chi connectivity index (χ1v) is 8.47. The highest BCUT2D eigenvalue weighted by Gasteiger charge is 2.25. The molecule has 1 aliphatic heterocycles. The Morgan fingerprint density at radius 2 is 2.24 bits per heavy atom. The number of piperazine rings is 1. The molecule has 6 nitrogen and oxygen atoms in total. The Bertz CT molecular complexity index is 912. The van der Waals surface area contributed by atoms with Crippen molar-refractivity contribution in [2.24, 2.45) is 0 Å². The molecule has 1 aromatic heterocycles. The quantitative estimate of drug-likeness (QED) is 0.876. The summed E-state index contributed by atoms with van der Waals surface area (Å²) in [5.41, 5.74) is -0.721. The van der Waals surface area contributed by atoms with Crippen LogP contribution >= 0.6 is 11.6 Å². The lowest BCUT2D eigenvalue weighted by molar-refractivity contribution is -0.255. The molecule has 1 unspecified atom stereocenters. The number of aromatic nitrogens is 1. The number of halogens is 2. The van der Waals surface area contributed by atoms with E-state index in [1.807, 2.05) is 11.8 Å². The zero-order valence-electron chi connectivity index (χ0n) is 13.9. The molecule has 8 heteroatoms. The largest absolute Gasteiger partial charge is 0.545 e. The van der Waals surface area contributed by atoms with Gasteiger partial charge in [-0.25, -0.2) is 4.39 Å². The van der Waals surface area contributed by atoms with Crippen molar-refractivity contribution < 1.29 is 14.3 Å². The van der Waals surface area contributed by atoms with E-state index in [0.717, 1.165) is 6.07 Å². The van der Waals surface area contributed by atoms with E-state index in [-0.39, 0.29) is 22.1 Å². The predicted molar refractivity (Wildman–Crippen MR) is 92.9 cm³/mol. The number of hydrogen-bond acceptors (Lipinski definition) is 5. The van der Waals surface area contributed by atoms with Gasteiger partial charge < -0.3 is 24.7 Å². The molecule has 1 N–H and O–H groups in total. The topological polar surface area (TPSA) is 77.4 Å². The summed E-state index contributed by atoms with van der Waals surface area (Å²) in [5.74, 6) is -2.23. The van der Waals surface area contributed by atoms with E-state index in [1.165, 1.54) is 6.20 Å². The fraction of sp³-hybridized carbons (Fsp3) is 0.412. The average molecular weight is 367 g/mol. The van der Waals surface area contributed by atoms with Crippen LogP contribution in [0.25, 0.3) is 10.9 Å². The van der Waals surface area contributed by atoms with Crippen molar-refractivity contribution >= 4 is 34.2 Å². The first-order valence-electron chi connectivity index (χ1n) is 8.10. The molecule has 0 aliphatic carbocycles. The number of rotatable bonds is 3. The predicted octanol–water partition coefficient (Wildman–Crippen LogP) is 0.975. The van der Waals surface area contributed by atoms with Crippen molar-refractivity contribution in [2.75, 3.05) is 24.5 Å². The van der Waals surface area contributed by atoms with Crippen LogP contribution in [0, 0.1) is 5.82 Å². The molecule has 2 aromatic rings. The molecule has 0 spiro atoms. The number of carboxylic acids is 1. The lowest BCUT2D eigenvalue weighted by atomic mass is 10.1. The number of fused-ring (bicyclic) bond motifs is 1. The van der Waals surface area contributed by atoms with E-state index >= 15 is 0 Å². The molecule has 1 saturated heterocycles. The normalized spacial score (nSPS) is 17.9. The monoisotopic (exact) mass is 366 g/mol. The summed E-state index contributed by atoms with van der Waals surface area (Å²) in [4.78, 5) is 25.4. The van der Waals surface area contributed by atoms with Crippen LogP contribution in [-0.4, -0.2) is 36.2 Å². The van der Waals surface area contributed by atoms with Gasteiger partial charge in [0.05, 0.1) is 33.1 Å².